The van der Waals surface area contributed by atoms with Crippen molar-refractivity contribution in [3.8, 4) is 11.4 Å². The fourth-order valence-electron chi connectivity index (χ4n) is 5.46. The van der Waals surface area contributed by atoms with E-state index < -0.39 is 5.41 Å². The zero-order valence-electron chi connectivity index (χ0n) is 19.1. The number of likely N-dealkylation sites (tertiary alicyclic amines) is 1. The van der Waals surface area contributed by atoms with Crippen LogP contribution in [0.25, 0.3) is 22.3 Å². The predicted octanol–water partition coefficient (Wildman–Crippen LogP) is 4.77. The summed E-state index contributed by atoms with van der Waals surface area (Å²) in [5.41, 5.74) is 7.49. The van der Waals surface area contributed by atoms with E-state index in [9.17, 15) is 4.79 Å². The number of carbonyl (C=O) groups excluding carboxylic acids is 1. The molecule has 0 radical (unpaired) electrons. The van der Waals surface area contributed by atoms with Crippen LogP contribution in [0.15, 0.2) is 18.3 Å². The maximum absolute atomic E-state index is 12.2. The van der Waals surface area contributed by atoms with E-state index >= 15 is 0 Å². The highest BCUT2D eigenvalue weighted by molar-refractivity contribution is 6.08. The number of carbonyl (C=O) groups is 1. The first-order chi connectivity index (χ1) is 14.9. The molecular formula is C25H33N5O. The van der Waals surface area contributed by atoms with Crippen molar-refractivity contribution in [3.05, 3.63) is 35.0 Å². The van der Waals surface area contributed by atoms with E-state index in [1.807, 2.05) is 20.0 Å². The van der Waals surface area contributed by atoms with E-state index in [2.05, 4.69) is 51.5 Å². The Kier molecular flexibility index (Phi) is 4.93. The van der Waals surface area contributed by atoms with Crippen LogP contribution in [0.5, 0.6) is 0 Å². The van der Waals surface area contributed by atoms with Crippen LogP contribution in [-0.2, 0) is 23.1 Å². The van der Waals surface area contributed by atoms with E-state index in [1.54, 1.807) is 0 Å². The molecule has 1 unspecified atom stereocenters. The van der Waals surface area contributed by atoms with Gasteiger partial charge in [-0.05, 0) is 94.8 Å². The first-order valence-corrected chi connectivity index (χ1v) is 11.6. The van der Waals surface area contributed by atoms with Gasteiger partial charge in [-0.2, -0.15) is 5.10 Å². The average Bonchev–Trinajstić information content (AvgIpc) is 3.48. The summed E-state index contributed by atoms with van der Waals surface area (Å²) in [4.78, 5) is 18.2. The summed E-state index contributed by atoms with van der Waals surface area (Å²) >= 11 is 0. The summed E-state index contributed by atoms with van der Waals surface area (Å²) in [6.07, 6.45) is 9.29. The molecular weight excluding hydrogens is 386 g/mol. The number of aromatic nitrogens is 3. The van der Waals surface area contributed by atoms with Crippen molar-refractivity contribution in [3.63, 3.8) is 0 Å². The molecule has 1 aromatic carbocycles. The number of aromatic amines is 2. The number of H-pyrrole nitrogens is 2. The SMILES string of the molecule is CC1(C)C(=O)Nc2cc3c4c([nH]c3cc21)-c1[nH]ncc1CCC4.CCC1CCCN1C. The molecule has 0 saturated carbocycles. The molecule has 2 aliphatic heterocycles. The number of hydrogen-bond donors (Lipinski definition) is 3. The van der Waals surface area contributed by atoms with Crippen molar-refractivity contribution in [2.45, 2.75) is 70.8 Å². The maximum Gasteiger partial charge on any atom is 0.234 e. The van der Waals surface area contributed by atoms with Crippen LogP contribution in [-0.4, -0.2) is 45.6 Å². The number of benzene rings is 1. The molecule has 1 fully saturated rings. The van der Waals surface area contributed by atoms with Gasteiger partial charge in [-0.3, -0.25) is 9.89 Å². The molecule has 0 spiro atoms. The Morgan fingerprint density at radius 2 is 2.03 bits per heavy atom. The average molecular weight is 420 g/mol. The van der Waals surface area contributed by atoms with Gasteiger partial charge in [-0.15, -0.1) is 0 Å². The van der Waals surface area contributed by atoms with E-state index in [0.29, 0.717) is 0 Å². The van der Waals surface area contributed by atoms with Crippen molar-refractivity contribution in [2.75, 3.05) is 18.9 Å². The van der Waals surface area contributed by atoms with Crippen molar-refractivity contribution in [1.29, 1.82) is 0 Å². The van der Waals surface area contributed by atoms with Crippen molar-refractivity contribution < 1.29 is 4.79 Å². The fourth-order valence-corrected chi connectivity index (χ4v) is 5.46. The third-order valence-corrected chi connectivity index (χ3v) is 7.52. The number of rotatable bonds is 1. The summed E-state index contributed by atoms with van der Waals surface area (Å²) < 4.78 is 0. The number of fused-ring (bicyclic) bond motifs is 6. The second-order valence-electron chi connectivity index (χ2n) is 9.81. The highest BCUT2D eigenvalue weighted by Gasteiger charge is 2.39. The van der Waals surface area contributed by atoms with Gasteiger partial charge >= 0.3 is 0 Å². The van der Waals surface area contributed by atoms with Gasteiger partial charge in [0, 0.05) is 22.6 Å². The highest BCUT2D eigenvalue weighted by Crippen LogP contribution is 2.43. The second kappa shape index (κ2) is 7.52. The van der Waals surface area contributed by atoms with Crippen LogP contribution in [0, 0.1) is 0 Å². The van der Waals surface area contributed by atoms with Crippen molar-refractivity contribution in [1.82, 2.24) is 20.1 Å². The molecule has 6 heteroatoms. The van der Waals surface area contributed by atoms with Gasteiger partial charge in [0.25, 0.3) is 0 Å². The lowest BCUT2D eigenvalue weighted by Crippen LogP contribution is -2.26. The van der Waals surface area contributed by atoms with Crippen LogP contribution in [0.1, 0.15) is 63.1 Å². The Morgan fingerprint density at radius 3 is 2.74 bits per heavy atom. The molecule has 1 atom stereocenters. The highest BCUT2D eigenvalue weighted by atomic mass is 16.2. The van der Waals surface area contributed by atoms with Crippen molar-refractivity contribution in [2.24, 2.45) is 0 Å². The molecule has 6 rings (SSSR count). The summed E-state index contributed by atoms with van der Waals surface area (Å²) in [5.74, 6) is 0.0714. The van der Waals surface area contributed by atoms with Gasteiger partial charge < -0.3 is 15.2 Å². The number of nitrogens with one attached hydrogen (secondary N) is 3. The fraction of sp³-hybridized carbons (Fsp3) is 0.520. The molecule has 1 saturated heterocycles. The molecule has 3 N–H and O–H groups in total. The lowest BCUT2D eigenvalue weighted by Gasteiger charge is -2.16. The summed E-state index contributed by atoms with van der Waals surface area (Å²) in [5, 5.41) is 11.6. The normalized spacial score (nSPS) is 21.7. The number of aryl methyl sites for hydroxylation is 2. The quantitative estimate of drug-likeness (QED) is 0.532. The minimum Gasteiger partial charge on any atom is -0.353 e. The standard InChI is InChI=1S/C18H18N4O.C7H15N/c1-18(2)12-7-13-11(6-14(12)21-17(18)23)10-5-3-4-9-8-19-22-15(9)16(10)20-13;1-3-7-5-4-6-8(7)2/h6-8,20H,3-5H2,1-2H3,(H,19,22)(H,21,23);7H,3-6H2,1-2H3. The van der Waals surface area contributed by atoms with E-state index in [0.717, 1.165) is 53.5 Å². The predicted molar refractivity (Wildman–Crippen MR) is 126 cm³/mol. The Hall–Kier alpha value is -2.60. The first-order valence-electron chi connectivity index (χ1n) is 11.6. The van der Waals surface area contributed by atoms with Crippen LogP contribution in [0.2, 0.25) is 0 Å². The zero-order valence-corrected chi connectivity index (χ0v) is 19.1. The van der Waals surface area contributed by atoms with Gasteiger partial charge in [0.15, 0.2) is 0 Å². The van der Waals surface area contributed by atoms with Crippen LogP contribution < -0.4 is 5.32 Å². The minimum atomic E-state index is -0.481. The van der Waals surface area contributed by atoms with Crippen LogP contribution >= 0.6 is 0 Å². The monoisotopic (exact) mass is 419 g/mol. The Bertz CT molecular complexity index is 1140. The third-order valence-electron chi connectivity index (χ3n) is 7.52. The number of hydrogen-bond acceptors (Lipinski definition) is 3. The lowest BCUT2D eigenvalue weighted by atomic mass is 9.85. The third kappa shape index (κ3) is 3.28. The molecule has 0 bridgehead atoms. The Balaban J connectivity index is 0.000000217. The zero-order chi connectivity index (χ0) is 21.8. The molecule has 1 amide bonds. The molecule has 3 aliphatic rings. The van der Waals surface area contributed by atoms with Crippen LogP contribution in [0.3, 0.4) is 0 Å². The first kappa shape index (κ1) is 20.3. The van der Waals surface area contributed by atoms with E-state index in [-0.39, 0.29) is 5.91 Å². The van der Waals surface area contributed by atoms with Crippen molar-refractivity contribution >= 4 is 22.5 Å². The number of amides is 1. The maximum atomic E-state index is 12.2. The van der Waals surface area contributed by atoms with E-state index in [4.69, 9.17) is 0 Å². The Labute approximate surface area is 183 Å². The summed E-state index contributed by atoms with van der Waals surface area (Å²) in [6.45, 7) is 7.53. The summed E-state index contributed by atoms with van der Waals surface area (Å²) in [6, 6.07) is 5.16. The van der Waals surface area contributed by atoms with Gasteiger partial charge in [0.1, 0.15) is 0 Å². The number of anilines is 1. The molecule has 164 valence electrons. The van der Waals surface area contributed by atoms with Gasteiger partial charge in [-0.25, -0.2) is 0 Å². The summed E-state index contributed by atoms with van der Waals surface area (Å²) in [7, 11) is 2.22. The van der Waals surface area contributed by atoms with Gasteiger partial charge in [0.05, 0.1) is 23.0 Å². The molecule has 1 aliphatic carbocycles. The molecule has 3 aromatic rings. The topological polar surface area (TPSA) is 76.8 Å². The van der Waals surface area contributed by atoms with Gasteiger partial charge in [-0.1, -0.05) is 6.92 Å². The molecule has 2 aromatic heterocycles. The molecule has 4 heterocycles. The molecule has 6 nitrogen and oxygen atoms in total. The molecule has 31 heavy (non-hydrogen) atoms. The second-order valence-corrected chi connectivity index (χ2v) is 9.81. The number of nitrogens with zero attached hydrogens (tertiary/aromatic N) is 2. The Morgan fingerprint density at radius 1 is 1.19 bits per heavy atom. The minimum absolute atomic E-state index is 0.0714. The van der Waals surface area contributed by atoms with Gasteiger partial charge in [0.2, 0.25) is 5.91 Å². The largest absolute Gasteiger partial charge is 0.353 e. The lowest BCUT2D eigenvalue weighted by molar-refractivity contribution is -0.119. The van der Waals surface area contributed by atoms with E-state index in [1.165, 1.54) is 42.3 Å². The van der Waals surface area contributed by atoms with Crippen LogP contribution in [0.4, 0.5) is 5.69 Å². The smallest absolute Gasteiger partial charge is 0.234 e.